The van der Waals surface area contributed by atoms with E-state index in [1.807, 2.05) is 0 Å². The third-order valence-electron chi connectivity index (χ3n) is 4.41. The van der Waals surface area contributed by atoms with E-state index in [1.54, 1.807) is 0 Å². The van der Waals surface area contributed by atoms with Crippen LogP contribution in [-0.4, -0.2) is 9.55 Å². The molecule has 0 spiro atoms. The lowest BCUT2D eigenvalue weighted by Crippen LogP contribution is -2.21. The molecule has 20 heavy (non-hydrogen) atoms. The van der Waals surface area contributed by atoms with Gasteiger partial charge in [-0.1, -0.05) is 33.8 Å². The molecule has 0 saturated carbocycles. The van der Waals surface area contributed by atoms with E-state index in [0.717, 1.165) is 24.0 Å². The van der Waals surface area contributed by atoms with E-state index in [0.29, 0.717) is 17.9 Å². The van der Waals surface area contributed by atoms with Crippen molar-refractivity contribution >= 4 is 11.0 Å². The van der Waals surface area contributed by atoms with E-state index in [9.17, 15) is 0 Å². The molecule has 3 nitrogen and oxygen atoms in total. The molecular formula is C17H27N3. The van der Waals surface area contributed by atoms with E-state index in [2.05, 4.69) is 57.4 Å². The van der Waals surface area contributed by atoms with Crippen LogP contribution >= 0.6 is 0 Å². The maximum atomic E-state index is 5.72. The lowest BCUT2D eigenvalue weighted by atomic mass is 9.80. The van der Waals surface area contributed by atoms with Crippen molar-refractivity contribution in [3.05, 3.63) is 29.6 Å². The molecule has 0 amide bonds. The van der Waals surface area contributed by atoms with Crippen LogP contribution in [0.3, 0.4) is 0 Å². The lowest BCUT2D eigenvalue weighted by Gasteiger charge is -2.27. The molecule has 0 aliphatic rings. The SMILES string of the molecule is CCn1c(CC(C)C(C)(C)C)nc2cc(CN)ccc21. The summed E-state index contributed by atoms with van der Waals surface area (Å²) >= 11 is 0. The Labute approximate surface area is 122 Å². The van der Waals surface area contributed by atoms with Crippen LogP contribution in [0, 0.1) is 11.3 Å². The average Bonchev–Trinajstić information content (AvgIpc) is 2.73. The molecule has 0 aliphatic carbocycles. The summed E-state index contributed by atoms with van der Waals surface area (Å²) in [5.41, 5.74) is 9.47. The van der Waals surface area contributed by atoms with Crippen molar-refractivity contribution in [2.24, 2.45) is 17.1 Å². The number of benzene rings is 1. The fourth-order valence-corrected chi connectivity index (χ4v) is 2.44. The van der Waals surface area contributed by atoms with E-state index < -0.39 is 0 Å². The predicted octanol–water partition coefficient (Wildman–Crippen LogP) is 3.74. The van der Waals surface area contributed by atoms with Crippen LogP contribution in [0.25, 0.3) is 11.0 Å². The highest BCUT2D eigenvalue weighted by molar-refractivity contribution is 5.77. The van der Waals surface area contributed by atoms with Gasteiger partial charge in [-0.15, -0.1) is 0 Å². The summed E-state index contributed by atoms with van der Waals surface area (Å²) in [5, 5.41) is 0. The smallest absolute Gasteiger partial charge is 0.110 e. The summed E-state index contributed by atoms with van der Waals surface area (Å²) in [6, 6.07) is 6.37. The molecule has 0 aliphatic heterocycles. The zero-order valence-corrected chi connectivity index (χ0v) is 13.4. The molecule has 0 fully saturated rings. The van der Waals surface area contributed by atoms with Crippen LogP contribution in [0.5, 0.6) is 0 Å². The summed E-state index contributed by atoms with van der Waals surface area (Å²) < 4.78 is 2.33. The van der Waals surface area contributed by atoms with Gasteiger partial charge in [0.05, 0.1) is 11.0 Å². The maximum absolute atomic E-state index is 5.72. The van der Waals surface area contributed by atoms with Crippen LogP contribution in [0.2, 0.25) is 0 Å². The first kappa shape index (κ1) is 15.0. The first-order valence-electron chi connectivity index (χ1n) is 7.55. The van der Waals surface area contributed by atoms with Crippen LogP contribution in [0.4, 0.5) is 0 Å². The van der Waals surface area contributed by atoms with E-state index in [4.69, 9.17) is 10.7 Å². The molecule has 3 heteroatoms. The molecule has 110 valence electrons. The number of aromatic nitrogens is 2. The Balaban J connectivity index is 2.42. The van der Waals surface area contributed by atoms with Gasteiger partial charge in [0, 0.05) is 19.5 Å². The van der Waals surface area contributed by atoms with Crippen LogP contribution in [-0.2, 0) is 19.5 Å². The minimum atomic E-state index is 0.305. The summed E-state index contributed by atoms with van der Waals surface area (Å²) in [7, 11) is 0. The summed E-state index contributed by atoms with van der Waals surface area (Å²) in [6.45, 7) is 12.9. The van der Waals surface area contributed by atoms with E-state index >= 15 is 0 Å². The minimum absolute atomic E-state index is 0.305. The second-order valence-corrected chi connectivity index (χ2v) is 6.77. The Hall–Kier alpha value is -1.35. The molecule has 1 atom stereocenters. The Kier molecular flexibility index (Phi) is 4.19. The Morgan fingerprint density at radius 2 is 2.00 bits per heavy atom. The van der Waals surface area contributed by atoms with E-state index in [-0.39, 0.29) is 0 Å². The highest BCUT2D eigenvalue weighted by Gasteiger charge is 2.22. The zero-order valence-electron chi connectivity index (χ0n) is 13.4. The standard InChI is InChI=1S/C17H27N3/c1-6-20-15-8-7-13(11-18)10-14(15)19-16(20)9-12(2)17(3,4)5/h7-8,10,12H,6,9,11,18H2,1-5H3. The maximum Gasteiger partial charge on any atom is 0.110 e. The third-order valence-corrected chi connectivity index (χ3v) is 4.41. The second-order valence-electron chi connectivity index (χ2n) is 6.77. The number of aryl methyl sites for hydroxylation is 1. The van der Waals surface area contributed by atoms with E-state index in [1.165, 1.54) is 11.3 Å². The van der Waals surface area contributed by atoms with Crippen molar-refractivity contribution < 1.29 is 0 Å². The predicted molar refractivity (Wildman–Crippen MR) is 85.6 cm³/mol. The normalized spacial score (nSPS) is 13.9. The van der Waals surface area contributed by atoms with Crippen molar-refractivity contribution in [2.45, 2.75) is 54.1 Å². The largest absolute Gasteiger partial charge is 0.328 e. The van der Waals surface area contributed by atoms with Gasteiger partial charge in [0.2, 0.25) is 0 Å². The Morgan fingerprint density at radius 3 is 2.55 bits per heavy atom. The minimum Gasteiger partial charge on any atom is -0.328 e. The van der Waals surface area contributed by atoms with Crippen LogP contribution in [0.15, 0.2) is 18.2 Å². The third kappa shape index (κ3) is 2.88. The topological polar surface area (TPSA) is 43.8 Å². The van der Waals surface area contributed by atoms with Crippen LogP contribution < -0.4 is 5.73 Å². The van der Waals surface area contributed by atoms with Crippen molar-refractivity contribution in [1.29, 1.82) is 0 Å². The number of nitrogens with two attached hydrogens (primary N) is 1. The molecule has 0 radical (unpaired) electrons. The number of rotatable bonds is 4. The summed E-state index contributed by atoms with van der Waals surface area (Å²) in [5.74, 6) is 1.79. The van der Waals surface area contributed by atoms with Gasteiger partial charge in [-0.05, 0) is 36.0 Å². The first-order valence-corrected chi connectivity index (χ1v) is 7.55. The van der Waals surface area contributed by atoms with Gasteiger partial charge in [-0.2, -0.15) is 0 Å². The fourth-order valence-electron chi connectivity index (χ4n) is 2.44. The van der Waals surface area contributed by atoms with Crippen molar-refractivity contribution in [1.82, 2.24) is 9.55 Å². The van der Waals surface area contributed by atoms with Gasteiger partial charge in [-0.3, -0.25) is 0 Å². The van der Waals surface area contributed by atoms with Gasteiger partial charge >= 0.3 is 0 Å². The highest BCUT2D eigenvalue weighted by atomic mass is 15.1. The molecular weight excluding hydrogens is 246 g/mol. The van der Waals surface area contributed by atoms with Gasteiger partial charge in [0.15, 0.2) is 0 Å². The molecule has 1 aromatic carbocycles. The zero-order chi connectivity index (χ0) is 14.9. The highest BCUT2D eigenvalue weighted by Crippen LogP contribution is 2.29. The van der Waals surface area contributed by atoms with Crippen molar-refractivity contribution in [3.8, 4) is 0 Å². The summed E-state index contributed by atoms with van der Waals surface area (Å²) in [4.78, 5) is 4.85. The average molecular weight is 273 g/mol. The molecule has 0 bridgehead atoms. The van der Waals surface area contributed by atoms with Gasteiger partial charge in [-0.25, -0.2) is 4.98 Å². The van der Waals surface area contributed by atoms with Crippen LogP contribution in [0.1, 0.15) is 46.0 Å². The second kappa shape index (κ2) is 5.57. The molecule has 1 unspecified atom stereocenters. The van der Waals surface area contributed by atoms with Crippen molar-refractivity contribution in [3.63, 3.8) is 0 Å². The molecule has 1 heterocycles. The monoisotopic (exact) mass is 273 g/mol. The van der Waals surface area contributed by atoms with Gasteiger partial charge in [0.25, 0.3) is 0 Å². The molecule has 2 aromatic rings. The number of nitrogens with zero attached hydrogens (tertiary/aromatic N) is 2. The fraction of sp³-hybridized carbons (Fsp3) is 0.588. The first-order chi connectivity index (χ1) is 9.36. The van der Waals surface area contributed by atoms with Gasteiger partial charge in [0.1, 0.15) is 5.82 Å². The number of hydrogen-bond acceptors (Lipinski definition) is 2. The Morgan fingerprint density at radius 1 is 1.30 bits per heavy atom. The molecule has 0 saturated heterocycles. The quantitative estimate of drug-likeness (QED) is 0.922. The molecule has 1 aromatic heterocycles. The number of fused-ring (bicyclic) bond motifs is 1. The van der Waals surface area contributed by atoms with Crippen molar-refractivity contribution in [2.75, 3.05) is 0 Å². The number of imidazole rings is 1. The summed E-state index contributed by atoms with van der Waals surface area (Å²) in [6.07, 6.45) is 1.02. The van der Waals surface area contributed by atoms with Gasteiger partial charge < -0.3 is 10.3 Å². The molecule has 2 N–H and O–H groups in total. The number of hydrogen-bond donors (Lipinski definition) is 1. The lowest BCUT2D eigenvalue weighted by molar-refractivity contribution is 0.255. The Bertz CT molecular complexity index is 590. The molecule has 2 rings (SSSR count).